The van der Waals surface area contributed by atoms with Crippen molar-refractivity contribution < 1.29 is 0 Å². The van der Waals surface area contributed by atoms with Crippen LogP contribution in [0, 0.1) is 12.3 Å². The Morgan fingerprint density at radius 3 is 2.33 bits per heavy atom. The van der Waals surface area contributed by atoms with Gasteiger partial charge in [0.25, 0.3) is 0 Å². The molecule has 1 saturated heterocycles. The Bertz CT molecular complexity index is 385. The third kappa shape index (κ3) is 2.85. The molecule has 0 unspecified atom stereocenters. The van der Waals surface area contributed by atoms with Gasteiger partial charge in [-0.05, 0) is 41.1 Å². The number of halogens is 1. The SMILES string of the molecule is CCC1(CC)CCN(c2cc(Br)nc(C)n2)CC1. The summed E-state index contributed by atoms with van der Waals surface area (Å²) in [6, 6.07) is 2.03. The maximum absolute atomic E-state index is 4.54. The zero-order valence-electron chi connectivity index (χ0n) is 11.5. The first kappa shape index (κ1) is 13.8. The summed E-state index contributed by atoms with van der Waals surface area (Å²) in [6.45, 7) is 8.82. The molecule has 0 spiro atoms. The highest BCUT2D eigenvalue weighted by Gasteiger charge is 2.31. The van der Waals surface area contributed by atoms with Gasteiger partial charge in [0.05, 0.1) is 0 Å². The molecule has 0 amide bonds. The minimum atomic E-state index is 0.565. The molecule has 0 N–H and O–H groups in total. The molecule has 18 heavy (non-hydrogen) atoms. The Hall–Kier alpha value is -0.640. The van der Waals surface area contributed by atoms with Crippen molar-refractivity contribution in [2.75, 3.05) is 18.0 Å². The van der Waals surface area contributed by atoms with E-state index in [9.17, 15) is 0 Å². The highest BCUT2D eigenvalue weighted by atomic mass is 79.9. The molecule has 0 bridgehead atoms. The number of aryl methyl sites for hydroxylation is 1. The highest BCUT2D eigenvalue weighted by molar-refractivity contribution is 9.10. The number of nitrogens with zero attached hydrogens (tertiary/aromatic N) is 3. The van der Waals surface area contributed by atoms with Crippen LogP contribution in [0.25, 0.3) is 0 Å². The van der Waals surface area contributed by atoms with Crippen molar-refractivity contribution in [3.63, 3.8) is 0 Å². The molecule has 0 saturated carbocycles. The number of hydrogen-bond acceptors (Lipinski definition) is 3. The van der Waals surface area contributed by atoms with Crippen LogP contribution in [-0.4, -0.2) is 23.1 Å². The van der Waals surface area contributed by atoms with E-state index in [0.29, 0.717) is 5.41 Å². The molecule has 1 aromatic rings. The summed E-state index contributed by atoms with van der Waals surface area (Å²) < 4.78 is 0.882. The first-order valence-corrected chi connectivity index (χ1v) is 7.64. The van der Waals surface area contributed by atoms with Gasteiger partial charge in [-0.1, -0.05) is 26.7 Å². The van der Waals surface area contributed by atoms with Crippen LogP contribution in [0.3, 0.4) is 0 Å². The van der Waals surface area contributed by atoms with Crippen molar-refractivity contribution in [2.24, 2.45) is 5.41 Å². The van der Waals surface area contributed by atoms with Crippen LogP contribution >= 0.6 is 15.9 Å². The van der Waals surface area contributed by atoms with Gasteiger partial charge in [0, 0.05) is 19.2 Å². The van der Waals surface area contributed by atoms with E-state index in [-0.39, 0.29) is 0 Å². The Morgan fingerprint density at radius 2 is 1.83 bits per heavy atom. The molecule has 0 radical (unpaired) electrons. The van der Waals surface area contributed by atoms with Gasteiger partial charge in [0.15, 0.2) is 0 Å². The van der Waals surface area contributed by atoms with E-state index in [1.165, 1.54) is 25.7 Å². The first-order valence-electron chi connectivity index (χ1n) is 6.85. The van der Waals surface area contributed by atoms with E-state index >= 15 is 0 Å². The summed E-state index contributed by atoms with van der Waals surface area (Å²) in [6.07, 6.45) is 5.15. The van der Waals surface area contributed by atoms with E-state index in [1.807, 2.05) is 13.0 Å². The van der Waals surface area contributed by atoms with Crippen molar-refractivity contribution in [2.45, 2.75) is 46.5 Å². The maximum atomic E-state index is 4.54. The second-order valence-electron chi connectivity index (χ2n) is 5.29. The molecule has 2 rings (SSSR count). The molecule has 3 nitrogen and oxygen atoms in total. The second kappa shape index (κ2) is 5.55. The van der Waals surface area contributed by atoms with Crippen LogP contribution in [0.5, 0.6) is 0 Å². The van der Waals surface area contributed by atoms with E-state index in [0.717, 1.165) is 29.3 Å². The van der Waals surface area contributed by atoms with Crippen LogP contribution in [0.4, 0.5) is 5.82 Å². The molecular formula is C14H22BrN3. The van der Waals surface area contributed by atoms with Crippen molar-refractivity contribution >= 4 is 21.7 Å². The van der Waals surface area contributed by atoms with E-state index in [1.54, 1.807) is 0 Å². The third-order valence-corrected chi connectivity index (χ3v) is 4.85. The van der Waals surface area contributed by atoms with Crippen LogP contribution in [0.15, 0.2) is 10.7 Å². The molecule has 1 aromatic heterocycles. The third-order valence-electron chi connectivity index (χ3n) is 4.44. The zero-order valence-corrected chi connectivity index (χ0v) is 13.1. The van der Waals surface area contributed by atoms with Crippen molar-refractivity contribution in [1.29, 1.82) is 0 Å². The van der Waals surface area contributed by atoms with Crippen molar-refractivity contribution in [1.82, 2.24) is 9.97 Å². The van der Waals surface area contributed by atoms with Crippen molar-refractivity contribution in [3.8, 4) is 0 Å². The summed E-state index contributed by atoms with van der Waals surface area (Å²) in [5.41, 5.74) is 0.565. The quantitative estimate of drug-likeness (QED) is 0.791. The number of anilines is 1. The Kier molecular flexibility index (Phi) is 4.25. The van der Waals surface area contributed by atoms with Crippen molar-refractivity contribution in [3.05, 3.63) is 16.5 Å². The molecule has 100 valence electrons. The number of aromatic nitrogens is 2. The van der Waals surface area contributed by atoms with Gasteiger partial charge in [-0.15, -0.1) is 0 Å². The number of hydrogen-bond donors (Lipinski definition) is 0. The lowest BCUT2D eigenvalue weighted by molar-refractivity contribution is 0.199. The number of rotatable bonds is 3. The average Bonchev–Trinajstić information content (AvgIpc) is 2.38. The minimum absolute atomic E-state index is 0.565. The molecule has 2 heterocycles. The smallest absolute Gasteiger partial charge is 0.133 e. The second-order valence-corrected chi connectivity index (χ2v) is 6.10. The van der Waals surface area contributed by atoms with Gasteiger partial charge in [-0.2, -0.15) is 0 Å². The van der Waals surface area contributed by atoms with Gasteiger partial charge in [0.1, 0.15) is 16.2 Å². The predicted molar refractivity (Wildman–Crippen MR) is 78.9 cm³/mol. The summed E-state index contributed by atoms with van der Waals surface area (Å²) in [4.78, 5) is 11.2. The Balaban J connectivity index is 2.09. The molecule has 0 atom stereocenters. The topological polar surface area (TPSA) is 29.0 Å². The lowest BCUT2D eigenvalue weighted by Gasteiger charge is -2.41. The van der Waals surface area contributed by atoms with Gasteiger partial charge in [0.2, 0.25) is 0 Å². The molecular weight excluding hydrogens is 290 g/mol. The Labute approximate surface area is 118 Å². The fourth-order valence-electron chi connectivity index (χ4n) is 2.85. The normalized spacial score (nSPS) is 19.0. The molecule has 1 aliphatic rings. The van der Waals surface area contributed by atoms with Crippen LogP contribution in [0.2, 0.25) is 0 Å². The fraction of sp³-hybridized carbons (Fsp3) is 0.714. The monoisotopic (exact) mass is 311 g/mol. The maximum Gasteiger partial charge on any atom is 0.133 e. The molecule has 0 aromatic carbocycles. The Morgan fingerprint density at radius 1 is 1.22 bits per heavy atom. The van der Waals surface area contributed by atoms with E-state index < -0.39 is 0 Å². The van der Waals surface area contributed by atoms with E-state index in [4.69, 9.17) is 0 Å². The molecule has 0 aliphatic carbocycles. The van der Waals surface area contributed by atoms with Gasteiger partial charge < -0.3 is 4.90 Å². The summed E-state index contributed by atoms with van der Waals surface area (Å²) in [5, 5.41) is 0. The van der Waals surface area contributed by atoms with Gasteiger partial charge in [-0.25, -0.2) is 9.97 Å². The van der Waals surface area contributed by atoms with Crippen LogP contribution in [-0.2, 0) is 0 Å². The highest BCUT2D eigenvalue weighted by Crippen LogP contribution is 2.38. The lowest BCUT2D eigenvalue weighted by atomic mass is 9.74. The van der Waals surface area contributed by atoms with Crippen LogP contribution in [0.1, 0.15) is 45.4 Å². The fourth-order valence-corrected chi connectivity index (χ4v) is 3.31. The zero-order chi connectivity index (χ0) is 13.2. The van der Waals surface area contributed by atoms with E-state index in [2.05, 4.69) is 44.6 Å². The molecule has 1 aliphatic heterocycles. The average molecular weight is 312 g/mol. The van der Waals surface area contributed by atoms with Crippen LogP contribution < -0.4 is 4.90 Å². The summed E-state index contributed by atoms with van der Waals surface area (Å²) >= 11 is 3.45. The summed E-state index contributed by atoms with van der Waals surface area (Å²) in [7, 11) is 0. The van der Waals surface area contributed by atoms with Gasteiger partial charge >= 0.3 is 0 Å². The molecule has 4 heteroatoms. The summed E-state index contributed by atoms with van der Waals surface area (Å²) in [5.74, 6) is 1.90. The van der Waals surface area contributed by atoms with Gasteiger partial charge in [-0.3, -0.25) is 0 Å². The lowest BCUT2D eigenvalue weighted by Crippen LogP contribution is -2.40. The first-order chi connectivity index (χ1) is 8.58. The minimum Gasteiger partial charge on any atom is -0.356 e. The number of piperidine rings is 1. The molecule has 1 fully saturated rings. The predicted octanol–water partition coefficient (Wildman–Crippen LogP) is 3.95. The standard InChI is InChI=1S/C14H22BrN3/c1-4-14(5-2)6-8-18(9-7-14)13-10-12(15)16-11(3)17-13/h10H,4-9H2,1-3H3. The largest absolute Gasteiger partial charge is 0.356 e.